The molecule has 0 bridgehead atoms. The van der Waals surface area contributed by atoms with Gasteiger partial charge in [0.05, 0.1) is 12.2 Å². The van der Waals surface area contributed by atoms with Gasteiger partial charge in [0.1, 0.15) is 5.82 Å². The summed E-state index contributed by atoms with van der Waals surface area (Å²) in [5.74, 6) is 6.37. The first-order valence-corrected chi connectivity index (χ1v) is 4.09. The molecule has 3 heteroatoms. The quantitative estimate of drug-likeness (QED) is 0.668. The highest BCUT2D eigenvalue weighted by Gasteiger charge is 1.97. The van der Waals surface area contributed by atoms with E-state index < -0.39 is 0 Å². The van der Waals surface area contributed by atoms with E-state index in [-0.39, 0.29) is 0 Å². The van der Waals surface area contributed by atoms with Gasteiger partial charge in [0.2, 0.25) is 0 Å². The maximum absolute atomic E-state index is 5.73. The Morgan fingerprint density at radius 2 is 2.38 bits per heavy atom. The summed E-state index contributed by atoms with van der Waals surface area (Å²) in [5, 5.41) is 3.03. The van der Waals surface area contributed by atoms with Gasteiger partial charge in [-0.2, -0.15) is 0 Å². The van der Waals surface area contributed by atoms with Gasteiger partial charge in [0.25, 0.3) is 0 Å². The first-order chi connectivity index (χ1) is 6.24. The summed E-state index contributed by atoms with van der Waals surface area (Å²) in [5.41, 5.74) is 7.45. The number of nitrogens with one attached hydrogen (secondary N) is 1. The van der Waals surface area contributed by atoms with Crippen molar-refractivity contribution >= 4 is 11.5 Å². The van der Waals surface area contributed by atoms with Crippen molar-refractivity contribution in [3.8, 4) is 11.8 Å². The Morgan fingerprint density at radius 1 is 1.62 bits per heavy atom. The largest absolute Gasteiger partial charge is 0.396 e. The van der Waals surface area contributed by atoms with E-state index in [0.717, 1.165) is 5.56 Å². The van der Waals surface area contributed by atoms with E-state index in [2.05, 4.69) is 22.1 Å². The number of rotatable bonds is 2. The molecule has 68 valence electrons. The van der Waals surface area contributed by atoms with Crippen LogP contribution in [0.3, 0.4) is 0 Å². The number of aryl methyl sites for hydroxylation is 1. The van der Waals surface area contributed by atoms with Crippen LogP contribution < -0.4 is 11.1 Å². The van der Waals surface area contributed by atoms with Crippen molar-refractivity contribution in [1.29, 1.82) is 0 Å². The Bertz CT molecular complexity index is 347. The fourth-order valence-electron chi connectivity index (χ4n) is 0.956. The Hall–Kier alpha value is -1.69. The SMILES string of the molecule is CC#CCNc1ncc(C)cc1N. The summed E-state index contributed by atoms with van der Waals surface area (Å²) in [6, 6.07) is 1.88. The molecule has 13 heavy (non-hydrogen) atoms. The van der Waals surface area contributed by atoms with Gasteiger partial charge >= 0.3 is 0 Å². The molecule has 0 fully saturated rings. The fourth-order valence-corrected chi connectivity index (χ4v) is 0.956. The minimum absolute atomic E-state index is 0.580. The molecule has 0 aliphatic carbocycles. The molecular weight excluding hydrogens is 162 g/mol. The Labute approximate surface area is 78.4 Å². The van der Waals surface area contributed by atoms with Crippen LogP contribution >= 0.6 is 0 Å². The van der Waals surface area contributed by atoms with Crippen LogP contribution in [-0.2, 0) is 0 Å². The smallest absolute Gasteiger partial charge is 0.149 e. The molecule has 1 heterocycles. The van der Waals surface area contributed by atoms with Crippen molar-refractivity contribution in [2.45, 2.75) is 13.8 Å². The average molecular weight is 175 g/mol. The van der Waals surface area contributed by atoms with Gasteiger partial charge in [-0.25, -0.2) is 4.98 Å². The number of pyridine rings is 1. The number of nitrogens with zero attached hydrogens (tertiary/aromatic N) is 1. The van der Waals surface area contributed by atoms with Crippen LogP contribution in [0.1, 0.15) is 12.5 Å². The van der Waals surface area contributed by atoms with Gasteiger partial charge in [-0.05, 0) is 25.5 Å². The molecule has 0 unspecified atom stereocenters. The molecule has 1 aromatic rings. The van der Waals surface area contributed by atoms with Crippen LogP contribution in [0, 0.1) is 18.8 Å². The predicted molar refractivity (Wildman–Crippen MR) is 55.3 cm³/mol. The van der Waals surface area contributed by atoms with E-state index >= 15 is 0 Å². The van der Waals surface area contributed by atoms with E-state index in [1.165, 1.54) is 0 Å². The van der Waals surface area contributed by atoms with Gasteiger partial charge in [0, 0.05) is 6.20 Å². The molecule has 0 radical (unpaired) electrons. The molecule has 1 rings (SSSR count). The maximum atomic E-state index is 5.73. The van der Waals surface area contributed by atoms with Crippen molar-refractivity contribution in [2.24, 2.45) is 0 Å². The zero-order valence-electron chi connectivity index (χ0n) is 7.89. The number of nitrogen functional groups attached to an aromatic ring is 1. The third-order valence-electron chi connectivity index (χ3n) is 1.57. The van der Waals surface area contributed by atoms with E-state index in [1.54, 1.807) is 13.1 Å². The topological polar surface area (TPSA) is 50.9 Å². The Kier molecular flexibility index (Phi) is 3.15. The number of nitrogens with two attached hydrogens (primary N) is 1. The molecule has 3 nitrogen and oxygen atoms in total. The molecule has 0 aromatic carbocycles. The van der Waals surface area contributed by atoms with Gasteiger partial charge in [0.15, 0.2) is 0 Å². The van der Waals surface area contributed by atoms with Crippen molar-refractivity contribution in [3.63, 3.8) is 0 Å². The fraction of sp³-hybridized carbons (Fsp3) is 0.300. The summed E-state index contributed by atoms with van der Waals surface area (Å²) >= 11 is 0. The van der Waals surface area contributed by atoms with E-state index in [9.17, 15) is 0 Å². The Morgan fingerprint density at radius 3 is 3.00 bits per heavy atom. The lowest BCUT2D eigenvalue weighted by atomic mass is 10.3. The standard InChI is InChI=1S/C10H13N3/c1-3-4-5-12-10-9(11)6-8(2)7-13-10/h6-7H,5,11H2,1-2H3,(H,12,13). The number of aromatic nitrogens is 1. The molecule has 0 amide bonds. The van der Waals surface area contributed by atoms with Crippen LogP contribution in [0.4, 0.5) is 11.5 Å². The zero-order valence-corrected chi connectivity index (χ0v) is 7.89. The maximum Gasteiger partial charge on any atom is 0.149 e. The van der Waals surface area contributed by atoms with Crippen LogP contribution in [0.2, 0.25) is 0 Å². The van der Waals surface area contributed by atoms with E-state index in [0.29, 0.717) is 18.1 Å². The van der Waals surface area contributed by atoms with Crippen LogP contribution in [0.5, 0.6) is 0 Å². The zero-order chi connectivity index (χ0) is 9.68. The van der Waals surface area contributed by atoms with E-state index in [4.69, 9.17) is 5.73 Å². The third-order valence-corrected chi connectivity index (χ3v) is 1.57. The highest BCUT2D eigenvalue weighted by molar-refractivity contribution is 5.61. The molecule has 3 N–H and O–H groups in total. The van der Waals surface area contributed by atoms with Gasteiger partial charge < -0.3 is 11.1 Å². The highest BCUT2D eigenvalue weighted by Crippen LogP contribution is 2.14. The lowest BCUT2D eigenvalue weighted by Gasteiger charge is -2.05. The molecule has 0 aliphatic rings. The second kappa shape index (κ2) is 4.36. The van der Waals surface area contributed by atoms with Crippen molar-refractivity contribution in [3.05, 3.63) is 17.8 Å². The lowest BCUT2D eigenvalue weighted by molar-refractivity contribution is 1.22. The average Bonchev–Trinajstić information content (AvgIpc) is 2.09. The third kappa shape index (κ3) is 2.68. The summed E-state index contributed by atoms with van der Waals surface area (Å²) in [4.78, 5) is 4.15. The minimum atomic E-state index is 0.580. The number of hydrogen-bond donors (Lipinski definition) is 2. The molecule has 0 spiro atoms. The molecule has 1 aromatic heterocycles. The molecule has 0 atom stereocenters. The van der Waals surface area contributed by atoms with Crippen molar-refractivity contribution in [2.75, 3.05) is 17.6 Å². The molecule has 0 aliphatic heterocycles. The van der Waals surface area contributed by atoms with Crippen LogP contribution in [0.25, 0.3) is 0 Å². The summed E-state index contributed by atoms with van der Waals surface area (Å²) < 4.78 is 0. The summed E-state index contributed by atoms with van der Waals surface area (Å²) in [6.07, 6.45) is 1.78. The van der Waals surface area contributed by atoms with E-state index in [1.807, 2.05) is 13.0 Å². The summed E-state index contributed by atoms with van der Waals surface area (Å²) in [7, 11) is 0. The minimum Gasteiger partial charge on any atom is -0.396 e. The monoisotopic (exact) mass is 175 g/mol. The lowest BCUT2D eigenvalue weighted by Crippen LogP contribution is -2.04. The predicted octanol–water partition coefficient (Wildman–Crippen LogP) is 1.41. The molecular formula is C10H13N3. The number of hydrogen-bond acceptors (Lipinski definition) is 3. The van der Waals surface area contributed by atoms with Crippen LogP contribution in [0.15, 0.2) is 12.3 Å². The number of anilines is 2. The van der Waals surface area contributed by atoms with Gasteiger partial charge in [-0.15, -0.1) is 5.92 Å². The Balaban J connectivity index is 2.70. The first-order valence-electron chi connectivity index (χ1n) is 4.09. The first kappa shape index (κ1) is 9.40. The second-order valence-corrected chi connectivity index (χ2v) is 2.73. The second-order valence-electron chi connectivity index (χ2n) is 2.73. The molecule has 0 saturated carbocycles. The van der Waals surface area contributed by atoms with Crippen molar-refractivity contribution < 1.29 is 0 Å². The summed E-state index contributed by atoms with van der Waals surface area (Å²) in [6.45, 7) is 4.34. The normalized spacial score (nSPS) is 8.77. The van der Waals surface area contributed by atoms with Crippen LogP contribution in [-0.4, -0.2) is 11.5 Å². The highest BCUT2D eigenvalue weighted by atomic mass is 15.0. The van der Waals surface area contributed by atoms with Gasteiger partial charge in [-0.1, -0.05) is 5.92 Å². The van der Waals surface area contributed by atoms with Gasteiger partial charge in [-0.3, -0.25) is 0 Å². The van der Waals surface area contributed by atoms with Crippen molar-refractivity contribution in [1.82, 2.24) is 4.98 Å². The molecule has 0 saturated heterocycles.